The number of halogens is 1. The molecule has 6 heteroatoms. The molecule has 1 aromatic heterocycles. The van der Waals surface area contributed by atoms with Gasteiger partial charge in [-0.25, -0.2) is 0 Å². The minimum absolute atomic E-state index is 0. The molecule has 30 heavy (non-hydrogen) atoms. The fourth-order valence-corrected chi connectivity index (χ4v) is 4.31. The molecule has 0 spiro atoms. The molecule has 0 saturated carbocycles. The first-order valence-electron chi connectivity index (χ1n) is 10.4. The summed E-state index contributed by atoms with van der Waals surface area (Å²) in [5.41, 5.74) is 2.61. The van der Waals surface area contributed by atoms with Gasteiger partial charge in [0.05, 0.1) is 19.6 Å². The summed E-state index contributed by atoms with van der Waals surface area (Å²) in [6.07, 6.45) is 3.13. The summed E-state index contributed by atoms with van der Waals surface area (Å²) in [7, 11) is 2.27. The van der Waals surface area contributed by atoms with E-state index >= 15 is 0 Å². The Labute approximate surface area is 183 Å². The molecule has 2 heterocycles. The quantitative estimate of drug-likeness (QED) is 0.545. The Morgan fingerprint density at radius 2 is 1.77 bits per heavy atom. The summed E-state index contributed by atoms with van der Waals surface area (Å²) in [5, 5.41) is 0.810. The SMILES string of the molecule is C[NH+](CCc1ccccc1)C1CCN(C(=O)c2cccc3[nH]c(=O)ccc23)CC1.[Cl-]. The predicted octanol–water partition coefficient (Wildman–Crippen LogP) is -1.11. The zero-order valence-electron chi connectivity index (χ0n) is 17.2. The van der Waals surface area contributed by atoms with Crippen LogP contribution in [-0.2, 0) is 6.42 Å². The summed E-state index contributed by atoms with van der Waals surface area (Å²) >= 11 is 0. The molecule has 1 aliphatic heterocycles. The van der Waals surface area contributed by atoms with Crippen LogP contribution in [-0.4, -0.2) is 48.5 Å². The number of hydrogen-bond acceptors (Lipinski definition) is 2. The number of pyridine rings is 1. The Hall–Kier alpha value is -2.63. The number of H-pyrrole nitrogens is 1. The summed E-state index contributed by atoms with van der Waals surface area (Å²) in [5.74, 6) is 0.0584. The second-order valence-electron chi connectivity index (χ2n) is 7.99. The molecule has 0 aliphatic carbocycles. The summed E-state index contributed by atoms with van der Waals surface area (Å²) in [6.45, 7) is 2.68. The molecule has 1 fully saturated rings. The third-order valence-electron chi connectivity index (χ3n) is 6.13. The number of rotatable bonds is 5. The molecule has 158 valence electrons. The molecule has 1 saturated heterocycles. The lowest BCUT2D eigenvalue weighted by atomic mass is 10.0. The molecular weight excluding hydrogens is 398 g/mol. The average molecular weight is 426 g/mol. The van der Waals surface area contributed by atoms with E-state index in [9.17, 15) is 9.59 Å². The van der Waals surface area contributed by atoms with Crippen LogP contribution < -0.4 is 22.9 Å². The van der Waals surface area contributed by atoms with E-state index in [1.807, 2.05) is 23.1 Å². The maximum atomic E-state index is 13.1. The van der Waals surface area contributed by atoms with Crippen LogP contribution in [0.15, 0.2) is 65.5 Å². The number of likely N-dealkylation sites (tertiary alicyclic amines) is 1. The van der Waals surface area contributed by atoms with Gasteiger partial charge in [-0.1, -0.05) is 36.4 Å². The number of hydrogen-bond donors (Lipinski definition) is 2. The van der Waals surface area contributed by atoms with Gasteiger partial charge in [0.1, 0.15) is 0 Å². The predicted molar refractivity (Wildman–Crippen MR) is 115 cm³/mol. The molecule has 5 nitrogen and oxygen atoms in total. The van der Waals surface area contributed by atoms with Crippen LogP contribution in [0, 0.1) is 0 Å². The van der Waals surface area contributed by atoms with Gasteiger partial charge in [-0.3, -0.25) is 9.59 Å². The fraction of sp³-hybridized carbons (Fsp3) is 0.333. The van der Waals surface area contributed by atoms with Crippen LogP contribution >= 0.6 is 0 Å². The highest BCUT2D eigenvalue weighted by Gasteiger charge is 2.28. The van der Waals surface area contributed by atoms with Crippen molar-refractivity contribution < 1.29 is 22.1 Å². The Morgan fingerprint density at radius 1 is 1.03 bits per heavy atom. The lowest BCUT2D eigenvalue weighted by Gasteiger charge is -2.35. The smallest absolute Gasteiger partial charge is 0.254 e. The molecule has 0 radical (unpaired) electrons. The van der Waals surface area contributed by atoms with Crippen LogP contribution in [0.3, 0.4) is 0 Å². The number of carbonyl (C=O) groups is 1. The van der Waals surface area contributed by atoms with Gasteiger partial charge in [0, 0.05) is 54.9 Å². The number of quaternary nitrogens is 1. The van der Waals surface area contributed by atoms with E-state index < -0.39 is 0 Å². The first kappa shape index (κ1) is 22.1. The van der Waals surface area contributed by atoms with Gasteiger partial charge in [0.15, 0.2) is 0 Å². The van der Waals surface area contributed by atoms with Gasteiger partial charge in [-0.2, -0.15) is 0 Å². The summed E-state index contributed by atoms with van der Waals surface area (Å²) in [4.78, 5) is 31.0. The van der Waals surface area contributed by atoms with E-state index in [4.69, 9.17) is 0 Å². The number of nitrogens with one attached hydrogen (secondary N) is 2. The van der Waals surface area contributed by atoms with Crippen molar-refractivity contribution in [3.05, 3.63) is 82.1 Å². The van der Waals surface area contributed by atoms with Crippen molar-refractivity contribution in [1.29, 1.82) is 0 Å². The van der Waals surface area contributed by atoms with Crippen LogP contribution in [0.4, 0.5) is 0 Å². The van der Waals surface area contributed by atoms with Crippen molar-refractivity contribution in [2.24, 2.45) is 0 Å². The molecule has 2 N–H and O–H groups in total. The summed E-state index contributed by atoms with van der Waals surface area (Å²) in [6, 6.07) is 20.0. The van der Waals surface area contributed by atoms with E-state index in [1.165, 1.54) is 11.6 Å². The lowest BCUT2D eigenvalue weighted by molar-refractivity contribution is -0.907. The van der Waals surface area contributed by atoms with Crippen LogP contribution in [0.2, 0.25) is 0 Å². The number of nitrogens with zero attached hydrogens (tertiary/aromatic N) is 1. The lowest BCUT2D eigenvalue weighted by Crippen LogP contribution is -3.13. The minimum atomic E-state index is -0.149. The first-order valence-corrected chi connectivity index (χ1v) is 10.4. The third-order valence-corrected chi connectivity index (χ3v) is 6.13. The molecule has 1 atom stereocenters. The number of amides is 1. The zero-order valence-corrected chi connectivity index (χ0v) is 18.0. The van der Waals surface area contributed by atoms with Gasteiger partial charge in [-0.05, 0) is 23.8 Å². The average Bonchev–Trinajstić information content (AvgIpc) is 2.77. The Bertz CT molecular complexity index is 1040. The molecule has 0 bridgehead atoms. The number of likely N-dealkylation sites (N-methyl/N-ethyl adjacent to an activating group) is 1. The molecule has 1 amide bonds. The highest BCUT2D eigenvalue weighted by molar-refractivity contribution is 6.06. The standard InChI is InChI=1S/C24H27N3O2.ClH/c1-26(15-12-18-6-3-2-4-7-18)19-13-16-27(17-14-19)24(29)21-8-5-9-22-20(21)10-11-23(28)25-22;/h2-11,19H,12-17H2,1H3,(H,25,28);1H. The molecular formula is C24H28ClN3O2. The number of aromatic nitrogens is 1. The number of benzene rings is 2. The first-order chi connectivity index (χ1) is 14.1. The van der Waals surface area contributed by atoms with Crippen molar-refractivity contribution in [3.63, 3.8) is 0 Å². The van der Waals surface area contributed by atoms with Crippen molar-refractivity contribution >= 4 is 16.8 Å². The van der Waals surface area contributed by atoms with Gasteiger partial charge >= 0.3 is 0 Å². The maximum absolute atomic E-state index is 13.1. The van der Waals surface area contributed by atoms with Gasteiger partial charge < -0.3 is 27.2 Å². The second-order valence-corrected chi connectivity index (χ2v) is 7.99. The zero-order chi connectivity index (χ0) is 20.2. The van der Waals surface area contributed by atoms with Gasteiger partial charge in [0.25, 0.3) is 5.91 Å². The Morgan fingerprint density at radius 3 is 2.50 bits per heavy atom. The van der Waals surface area contributed by atoms with Crippen LogP contribution in [0.5, 0.6) is 0 Å². The van der Waals surface area contributed by atoms with E-state index in [-0.39, 0.29) is 23.9 Å². The maximum Gasteiger partial charge on any atom is 0.254 e. The second kappa shape index (κ2) is 9.92. The normalized spacial score (nSPS) is 15.6. The van der Waals surface area contributed by atoms with E-state index in [0.29, 0.717) is 17.1 Å². The highest BCUT2D eigenvalue weighted by Crippen LogP contribution is 2.19. The molecule has 3 aromatic rings. The fourth-order valence-electron chi connectivity index (χ4n) is 4.31. The molecule has 4 rings (SSSR count). The topological polar surface area (TPSA) is 57.6 Å². The number of piperidine rings is 1. The summed E-state index contributed by atoms with van der Waals surface area (Å²) < 4.78 is 0. The monoisotopic (exact) mass is 425 g/mol. The van der Waals surface area contributed by atoms with Crippen molar-refractivity contribution in [1.82, 2.24) is 9.88 Å². The highest BCUT2D eigenvalue weighted by atomic mass is 35.5. The van der Waals surface area contributed by atoms with E-state index in [0.717, 1.165) is 44.3 Å². The van der Waals surface area contributed by atoms with Crippen molar-refractivity contribution in [2.45, 2.75) is 25.3 Å². The molecule has 2 aromatic carbocycles. The minimum Gasteiger partial charge on any atom is -1.00 e. The Kier molecular flexibility index (Phi) is 7.29. The molecule has 1 unspecified atom stereocenters. The van der Waals surface area contributed by atoms with Crippen molar-refractivity contribution in [3.8, 4) is 0 Å². The van der Waals surface area contributed by atoms with E-state index in [2.05, 4.69) is 42.4 Å². The number of fused-ring (bicyclic) bond motifs is 1. The number of aromatic amines is 1. The third kappa shape index (κ3) is 4.91. The van der Waals surface area contributed by atoms with E-state index in [1.54, 1.807) is 11.0 Å². The van der Waals surface area contributed by atoms with Crippen LogP contribution in [0.1, 0.15) is 28.8 Å². The van der Waals surface area contributed by atoms with Gasteiger partial charge in [-0.15, -0.1) is 0 Å². The Balaban J connectivity index is 0.00000256. The van der Waals surface area contributed by atoms with Crippen molar-refractivity contribution in [2.75, 3.05) is 26.7 Å². The van der Waals surface area contributed by atoms with Gasteiger partial charge in [0.2, 0.25) is 5.56 Å². The molecule has 1 aliphatic rings. The number of carbonyl (C=O) groups excluding carboxylic acids is 1. The largest absolute Gasteiger partial charge is 1.00 e. The van der Waals surface area contributed by atoms with Crippen LogP contribution in [0.25, 0.3) is 10.9 Å².